The molecule has 0 bridgehead atoms. The molecule has 0 saturated heterocycles. The lowest BCUT2D eigenvalue weighted by Crippen LogP contribution is -2.53. The van der Waals surface area contributed by atoms with Gasteiger partial charge in [0.15, 0.2) is 0 Å². The van der Waals surface area contributed by atoms with E-state index >= 15 is 0 Å². The van der Waals surface area contributed by atoms with Crippen LogP contribution in [0.2, 0.25) is 0 Å². The minimum atomic E-state index is -0.534. The third-order valence-electron chi connectivity index (χ3n) is 3.43. The van der Waals surface area contributed by atoms with Crippen LogP contribution in [-0.4, -0.2) is 36.2 Å². The van der Waals surface area contributed by atoms with Crippen molar-refractivity contribution in [3.63, 3.8) is 0 Å². The quantitative estimate of drug-likeness (QED) is 0.913. The van der Waals surface area contributed by atoms with E-state index in [4.69, 9.17) is 4.74 Å². The van der Waals surface area contributed by atoms with Crippen LogP contribution in [0.5, 0.6) is 5.75 Å². The highest BCUT2D eigenvalue weighted by Crippen LogP contribution is 2.23. The van der Waals surface area contributed by atoms with E-state index in [0.29, 0.717) is 13.2 Å². The Labute approximate surface area is 121 Å². The van der Waals surface area contributed by atoms with Gasteiger partial charge < -0.3 is 4.74 Å². The zero-order chi connectivity index (χ0) is 14.6. The molecule has 1 aromatic rings. The third-order valence-corrected chi connectivity index (χ3v) is 3.43. The average Bonchev–Trinajstić information content (AvgIpc) is 2.59. The topological polar surface area (TPSA) is 48.3 Å². The van der Waals surface area contributed by atoms with Gasteiger partial charge in [0, 0.05) is 31.2 Å². The molecule has 4 nitrogen and oxygen atoms in total. The fraction of sp³-hybridized carbons (Fsp3) is 0.562. The van der Waals surface area contributed by atoms with E-state index in [1.165, 1.54) is 5.56 Å². The Balaban J connectivity index is 2.09. The molecule has 0 radical (unpaired) electrons. The minimum Gasteiger partial charge on any atom is -0.492 e. The zero-order valence-corrected chi connectivity index (χ0v) is 12.5. The lowest BCUT2D eigenvalue weighted by molar-refractivity contribution is 0.187. The van der Waals surface area contributed by atoms with E-state index in [1.807, 2.05) is 25.1 Å². The molecule has 1 aliphatic rings. The number of hydrogen-bond donors (Lipinski definition) is 1. The second kappa shape index (κ2) is 6.25. The largest absolute Gasteiger partial charge is 0.492 e. The van der Waals surface area contributed by atoms with E-state index in [2.05, 4.69) is 36.2 Å². The molecule has 1 N–H and O–H groups in total. The number of hydrogen-bond acceptors (Lipinski definition) is 4. The fourth-order valence-electron chi connectivity index (χ4n) is 2.71. The van der Waals surface area contributed by atoms with Gasteiger partial charge in [-0.05, 0) is 26.8 Å². The maximum atomic E-state index is 9.46. The summed E-state index contributed by atoms with van der Waals surface area (Å²) in [5.41, 5.74) is 0.655. The predicted octanol–water partition coefficient (Wildman–Crippen LogP) is 2.16. The zero-order valence-electron chi connectivity index (χ0n) is 12.5. The van der Waals surface area contributed by atoms with Crippen molar-refractivity contribution in [2.45, 2.75) is 38.9 Å². The standard InChI is InChI=1S/C16H23N3O/c1-13(2)18-16(3,11-17)12-19-8-9-20-15-7-5-4-6-14(15)10-19/h4-7,13,18H,8-10,12H2,1-3H3. The van der Waals surface area contributed by atoms with Crippen molar-refractivity contribution in [1.29, 1.82) is 5.26 Å². The molecule has 1 aromatic carbocycles. The van der Waals surface area contributed by atoms with E-state index in [1.54, 1.807) is 0 Å². The first kappa shape index (κ1) is 14.8. The van der Waals surface area contributed by atoms with E-state index < -0.39 is 5.54 Å². The summed E-state index contributed by atoms with van der Waals surface area (Å²) in [7, 11) is 0. The molecule has 108 valence electrons. The van der Waals surface area contributed by atoms with E-state index in [0.717, 1.165) is 18.8 Å². The summed E-state index contributed by atoms with van der Waals surface area (Å²) in [5, 5.41) is 12.8. The number of fused-ring (bicyclic) bond motifs is 1. The molecule has 1 aliphatic heterocycles. The molecule has 0 fully saturated rings. The van der Waals surface area contributed by atoms with Crippen LogP contribution >= 0.6 is 0 Å². The number of para-hydroxylation sites is 1. The average molecular weight is 273 g/mol. The maximum absolute atomic E-state index is 9.46. The first-order valence-corrected chi connectivity index (χ1v) is 7.14. The van der Waals surface area contributed by atoms with Gasteiger partial charge in [0.05, 0.1) is 6.07 Å². The first-order chi connectivity index (χ1) is 9.52. The maximum Gasteiger partial charge on any atom is 0.123 e. The van der Waals surface area contributed by atoms with Gasteiger partial charge >= 0.3 is 0 Å². The smallest absolute Gasteiger partial charge is 0.123 e. The summed E-state index contributed by atoms with van der Waals surface area (Å²) >= 11 is 0. The molecule has 1 atom stereocenters. The molecule has 2 rings (SSSR count). The van der Waals surface area contributed by atoms with Gasteiger partial charge in [-0.25, -0.2) is 0 Å². The molecule has 20 heavy (non-hydrogen) atoms. The number of ether oxygens (including phenoxy) is 1. The van der Waals surface area contributed by atoms with Gasteiger partial charge in [0.25, 0.3) is 0 Å². The van der Waals surface area contributed by atoms with Crippen molar-refractivity contribution in [3.8, 4) is 11.8 Å². The van der Waals surface area contributed by atoms with Crippen molar-refractivity contribution >= 4 is 0 Å². The highest BCUT2D eigenvalue weighted by molar-refractivity contribution is 5.33. The second-order valence-electron chi connectivity index (χ2n) is 5.91. The van der Waals surface area contributed by atoms with Gasteiger partial charge in [0.2, 0.25) is 0 Å². The molecule has 0 amide bonds. The Morgan fingerprint density at radius 1 is 1.45 bits per heavy atom. The van der Waals surface area contributed by atoms with Crippen molar-refractivity contribution in [2.75, 3.05) is 19.7 Å². The summed E-state index contributed by atoms with van der Waals surface area (Å²) < 4.78 is 5.76. The molecular formula is C16H23N3O. The molecule has 1 unspecified atom stereocenters. The Kier molecular flexibility index (Phi) is 4.64. The lowest BCUT2D eigenvalue weighted by Gasteiger charge is -2.31. The first-order valence-electron chi connectivity index (χ1n) is 7.14. The minimum absolute atomic E-state index is 0.287. The van der Waals surface area contributed by atoms with Gasteiger partial charge in [-0.1, -0.05) is 18.2 Å². The summed E-state index contributed by atoms with van der Waals surface area (Å²) in [5.74, 6) is 0.963. The highest BCUT2D eigenvalue weighted by atomic mass is 16.5. The number of nitriles is 1. The summed E-state index contributed by atoms with van der Waals surface area (Å²) in [6.45, 7) is 9.12. The Morgan fingerprint density at radius 3 is 2.90 bits per heavy atom. The molecule has 1 heterocycles. The normalized spacial score (nSPS) is 18.6. The van der Waals surface area contributed by atoms with E-state index in [9.17, 15) is 5.26 Å². The second-order valence-corrected chi connectivity index (χ2v) is 5.91. The van der Waals surface area contributed by atoms with Crippen LogP contribution in [0.15, 0.2) is 24.3 Å². The lowest BCUT2D eigenvalue weighted by atomic mass is 10.0. The Morgan fingerprint density at radius 2 is 2.20 bits per heavy atom. The number of nitrogens with one attached hydrogen (secondary N) is 1. The van der Waals surface area contributed by atoms with Crippen molar-refractivity contribution < 1.29 is 4.74 Å². The van der Waals surface area contributed by atoms with Gasteiger partial charge in [-0.2, -0.15) is 5.26 Å². The van der Waals surface area contributed by atoms with Crippen LogP contribution in [0.3, 0.4) is 0 Å². The van der Waals surface area contributed by atoms with Crippen LogP contribution < -0.4 is 10.1 Å². The number of benzene rings is 1. The van der Waals surface area contributed by atoms with Crippen molar-refractivity contribution in [2.24, 2.45) is 0 Å². The summed E-state index contributed by atoms with van der Waals surface area (Å²) in [6, 6.07) is 10.8. The van der Waals surface area contributed by atoms with Gasteiger partial charge in [-0.3, -0.25) is 10.2 Å². The third kappa shape index (κ3) is 3.72. The van der Waals surface area contributed by atoms with Crippen LogP contribution in [0, 0.1) is 11.3 Å². The van der Waals surface area contributed by atoms with Gasteiger partial charge in [-0.15, -0.1) is 0 Å². The predicted molar refractivity (Wildman–Crippen MR) is 79.5 cm³/mol. The molecule has 0 aliphatic carbocycles. The van der Waals surface area contributed by atoms with E-state index in [-0.39, 0.29) is 6.04 Å². The molecule has 0 aromatic heterocycles. The van der Waals surface area contributed by atoms with Crippen LogP contribution in [-0.2, 0) is 6.54 Å². The van der Waals surface area contributed by atoms with Crippen LogP contribution in [0.25, 0.3) is 0 Å². The number of nitrogens with zero attached hydrogens (tertiary/aromatic N) is 2. The number of rotatable bonds is 4. The van der Waals surface area contributed by atoms with Gasteiger partial charge in [0.1, 0.15) is 17.9 Å². The van der Waals surface area contributed by atoms with Crippen molar-refractivity contribution in [3.05, 3.63) is 29.8 Å². The monoisotopic (exact) mass is 273 g/mol. The Bertz CT molecular complexity index is 495. The van der Waals surface area contributed by atoms with Crippen LogP contribution in [0.1, 0.15) is 26.3 Å². The molecule has 4 heteroatoms. The SMILES string of the molecule is CC(C)NC(C)(C#N)CN1CCOc2ccccc2C1. The molecule has 0 saturated carbocycles. The summed E-state index contributed by atoms with van der Waals surface area (Å²) in [6.07, 6.45) is 0. The molecular weight excluding hydrogens is 250 g/mol. The molecule has 0 spiro atoms. The van der Waals surface area contributed by atoms with Crippen LogP contribution in [0.4, 0.5) is 0 Å². The Hall–Kier alpha value is -1.57. The van der Waals surface area contributed by atoms with Crippen molar-refractivity contribution in [1.82, 2.24) is 10.2 Å². The fourth-order valence-corrected chi connectivity index (χ4v) is 2.71. The summed E-state index contributed by atoms with van der Waals surface area (Å²) in [4.78, 5) is 2.28. The highest BCUT2D eigenvalue weighted by Gasteiger charge is 2.28.